The maximum Gasteiger partial charge on any atom is 0.308 e. The van der Waals surface area contributed by atoms with Gasteiger partial charge in [0.1, 0.15) is 11.6 Å². The fraction of sp³-hybridized carbons (Fsp3) is 0.684. The molecule has 0 bridgehead atoms. The van der Waals surface area contributed by atoms with Gasteiger partial charge in [-0.05, 0) is 52.2 Å². The zero-order valence-electron chi connectivity index (χ0n) is 32.3. The second-order valence-corrected chi connectivity index (χ2v) is 13.7. The predicted molar refractivity (Wildman–Crippen MR) is 196 cm³/mol. The molecule has 1 aromatic carbocycles. The second-order valence-electron chi connectivity index (χ2n) is 13.7. The third kappa shape index (κ3) is 17.7. The lowest BCUT2D eigenvalue weighted by molar-refractivity contribution is -0.156. The van der Waals surface area contributed by atoms with Crippen LogP contribution in [0.15, 0.2) is 18.2 Å². The average Bonchev–Trinajstić information content (AvgIpc) is 3.38. The molecule has 17 heteroatoms. The molecule has 0 radical (unpaired) electrons. The number of carbonyl (C=O) groups excluding carboxylic acids is 6. The van der Waals surface area contributed by atoms with E-state index in [2.05, 4.69) is 10.6 Å². The summed E-state index contributed by atoms with van der Waals surface area (Å²) >= 11 is 0. The zero-order chi connectivity index (χ0) is 39.9. The van der Waals surface area contributed by atoms with Crippen LogP contribution >= 0.6 is 0 Å². The summed E-state index contributed by atoms with van der Waals surface area (Å²) in [7, 11) is 0. The minimum atomic E-state index is -1.07. The van der Waals surface area contributed by atoms with Gasteiger partial charge in [-0.3, -0.25) is 39.0 Å². The highest BCUT2D eigenvalue weighted by Crippen LogP contribution is 2.32. The minimum absolute atomic E-state index is 0.0266. The molecule has 0 aromatic heterocycles. The Bertz CT molecular complexity index is 1400. The molecule has 2 N–H and O–H groups in total. The van der Waals surface area contributed by atoms with Gasteiger partial charge in [0.15, 0.2) is 0 Å². The number of rotatable bonds is 29. The number of nitrogens with one attached hydrogen (secondary N) is 2. The van der Waals surface area contributed by atoms with E-state index in [1.807, 2.05) is 20.8 Å². The molecule has 2 aliphatic rings. The maximum atomic E-state index is 13.2. The van der Waals surface area contributed by atoms with Crippen molar-refractivity contribution in [3.63, 3.8) is 0 Å². The monoisotopic (exact) mass is 779 g/mol. The van der Waals surface area contributed by atoms with Crippen LogP contribution in [0.3, 0.4) is 0 Å². The van der Waals surface area contributed by atoms with Gasteiger partial charge in [0, 0.05) is 19.4 Å². The number of hydrogen-bond acceptors (Lipinski definition) is 14. The number of hydrogen-bond donors (Lipinski definition) is 2. The normalized spacial score (nSPS) is 15.7. The van der Waals surface area contributed by atoms with E-state index in [0.717, 1.165) is 17.7 Å². The van der Waals surface area contributed by atoms with Crippen molar-refractivity contribution in [3.05, 3.63) is 29.3 Å². The van der Waals surface area contributed by atoms with Gasteiger partial charge in [-0.25, -0.2) is 0 Å². The van der Waals surface area contributed by atoms with Crippen LogP contribution in [0.4, 0.5) is 5.69 Å². The first-order chi connectivity index (χ1) is 26.5. The Balaban J connectivity index is 1.06. The lowest BCUT2D eigenvalue weighted by atomic mass is 10.0. The standard InChI is InChI=1S/C38H57N3O14/c1-38(2,3)55-33(44)13-15-49-17-19-51-21-23-53-25-27-54-26-24-52-22-20-50-18-16-48-14-6-4-5-10-31(42)39-29-9-7-8-28-34(29)37(47)41(36(28)46)30-11-12-32(43)40-35(30)45/h7-9,30H,4-6,10-27H2,1-3H3,(H,39,42)(H,40,43,45). The van der Waals surface area contributed by atoms with Gasteiger partial charge in [-0.15, -0.1) is 0 Å². The minimum Gasteiger partial charge on any atom is -0.460 e. The third-order valence-corrected chi connectivity index (χ3v) is 8.04. The van der Waals surface area contributed by atoms with Gasteiger partial charge in [0.05, 0.1) is 109 Å². The number of amides is 5. The van der Waals surface area contributed by atoms with Crippen LogP contribution in [0.25, 0.3) is 0 Å². The number of piperidine rings is 1. The highest BCUT2D eigenvalue weighted by atomic mass is 16.6. The number of imide groups is 2. The number of esters is 1. The molecule has 2 aliphatic heterocycles. The first-order valence-corrected chi connectivity index (χ1v) is 18.9. The summed E-state index contributed by atoms with van der Waals surface area (Å²) in [5, 5.41) is 4.90. The van der Waals surface area contributed by atoms with Crippen molar-refractivity contribution in [2.45, 2.75) is 77.4 Å². The van der Waals surface area contributed by atoms with E-state index in [4.69, 9.17) is 37.9 Å². The Kier molecular flexibility index (Phi) is 21.0. The molecule has 308 valence electrons. The van der Waals surface area contributed by atoms with Crippen molar-refractivity contribution in [2.75, 3.05) is 97.8 Å². The van der Waals surface area contributed by atoms with E-state index in [1.54, 1.807) is 12.1 Å². The molecule has 0 aliphatic carbocycles. The molecule has 1 fully saturated rings. The SMILES string of the molecule is CC(C)(C)OC(=O)CCOCCOCCOCCOCCOCCOCCOCCCCCC(=O)Nc1cccc2c1C(=O)N(C1CCC(=O)NC1=O)C2=O. The fourth-order valence-electron chi connectivity index (χ4n) is 5.47. The number of ether oxygens (including phenoxy) is 8. The summed E-state index contributed by atoms with van der Waals surface area (Å²) in [5.41, 5.74) is -0.117. The van der Waals surface area contributed by atoms with Crippen LogP contribution in [0.2, 0.25) is 0 Å². The largest absolute Gasteiger partial charge is 0.460 e. The van der Waals surface area contributed by atoms with Crippen LogP contribution < -0.4 is 10.6 Å². The number of unbranched alkanes of at least 4 members (excludes halogenated alkanes) is 2. The van der Waals surface area contributed by atoms with Crippen molar-refractivity contribution in [1.82, 2.24) is 10.2 Å². The Morgan fingerprint density at radius 1 is 0.691 bits per heavy atom. The fourth-order valence-corrected chi connectivity index (χ4v) is 5.47. The van der Waals surface area contributed by atoms with E-state index in [1.165, 1.54) is 6.07 Å². The van der Waals surface area contributed by atoms with Crippen molar-refractivity contribution in [1.29, 1.82) is 0 Å². The number of carbonyl (C=O) groups is 6. The number of anilines is 1. The summed E-state index contributed by atoms with van der Waals surface area (Å²) in [6, 6.07) is 3.52. The Hall–Kier alpha value is -3.84. The van der Waals surface area contributed by atoms with E-state index < -0.39 is 35.3 Å². The Morgan fingerprint density at radius 2 is 1.22 bits per heavy atom. The Morgan fingerprint density at radius 3 is 1.75 bits per heavy atom. The highest BCUT2D eigenvalue weighted by molar-refractivity contribution is 6.26. The van der Waals surface area contributed by atoms with Crippen LogP contribution in [-0.4, -0.2) is 145 Å². The smallest absolute Gasteiger partial charge is 0.308 e. The molecular formula is C38H57N3O14. The topological polar surface area (TPSA) is 204 Å². The number of benzene rings is 1. The Labute approximate surface area is 322 Å². The molecule has 1 unspecified atom stereocenters. The summed E-state index contributed by atoms with van der Waals surface area (Å²) in [5.74, 6) is -3.01. The van der Waals surface area contributed by atoms with Crippen LogP contribution in [0.5, 0.6) is 0 Å². The van der Waals surface area contributed by atoms with E-state index in [0.29, 0.717) is 98.9 Å². The van der Waals surface area contributed by atoms with Gasteiger partial charge in [-0.2, -0.15) is 0 Å². The first kappa shape index (κ1) is 45.5. The molecule has 55 heavy (non-hydrogen) atoms. The highest BCUT2D eigenvalue weighted by Gasteiger charge is 2.45. The predicted octanol–water partition coefficient (Wildman–Crippen LogP) is 2.43. The van der Waals surface area contributed by atoms with Crippen molar-refractivity contribution >= 4 is 41.2 Å². The van der Waals surface area contributed by atoms with Crippen molar-refractivity contribution in [2.24, 2.45) is 0 Å². The van der Waals surface area contributed by atoms with Gasteiger partial charge >= 0.3 is 5.97 Å². The summed E-state index contributed by atoms with van der Waals surface area (Å²) in [6.45, 7) is 11.6. The molecule has 5 amide bonds. The second kappa shape index (κ2) is 25.3. The molecule has 1 atom stereocenters. The average molecular weight is 780 g/mol. The summed E-state index contributed by atoms with van der Waals surface area (Å²) in [4.78, 5) is 75.1. The van der Waals surface area contributed by atoms with Gasteiger partial charge in [-0.1, -0.05) is 12.5 Å². The van der Waals surface area contributed by atoms with Crippen LogP contribution in [-0.2, 0) is 57.1 Å². The van der Waals surface area contributed by atoms with Crippen molar-refractivity contribution < 1.29 is 66.7 Å². The molecule has 1 aromatic rings. The quantitative estimate of drug-likeness (QED) is 0.0682. The van der Waals surface area contributed by atoms with Gasteiger partial charge in [0.2, 0.25) is 17.7 Å². The van der Waals surface area contributed by atoms with Gasteiger partial charge in [0.25, 0.3) is 11.8 Å². The van der Waals surface area contributed by atoms with Crippen LogP contribution in [0.1, 0.15) is 86.4 Å². The molecule has 17 nitrogen and oxygen atoms in total. The first-order valence-electron chi connectivity index (χ1n) is 18.9. The molecule has 2 heterocycles. The lowest BCUT2D eigenvalue weighted by Gasteiger charge is -2.27. The lowest BCUT2D eigenvalue weighted by Crippen LogP contribution is -2.54. The van der Waals surface area contributed by atoms with Gasteiger partial charge < -0.3 is 43.2 Å². The summed E-state index contributed by atoms with van der Waals surface area (Å²) < 4.78 is 43.5. The third-order valence-electron chi connectivity index (χ3n) is 8.04. The molecule has 0 spiro atoms. The number of nitrogens with zero attached hydrogens (tertiary/aromatic N) is 1. The van der Waals surface area contributed by atoms with E-state index >= 15 is 0 Å². The number of fused-ring (bicyclic) bond motifs is 1. The molecule has 3 rings (SSSR count). The van der Waals surface area contributed by atoms with Crippen molar-refractivity contribution in [3.8, 4) is 0 Å². The van der Waals surface area contributed by atoms with Crippen LogP contribution in [0, 0.1) is 0 Å². The summed E-state index contributed by atoms with van der Waals surface area (Å²) in [6.07, 6.45) is 2.65. The molecule has 0 saturated carbocycles. The van der Waals surface area contributed by atoms with E-state index in [-0.39, 0.29) is 54.4 Å². The van der Waals surface area contributed by atoms with E-state index in [9.17, 15) is 28.8 Å². The molecule has 1 saturated heterocycles. The zero-order valence-corrected chi connectivity index (χ0v) is 32.3. The maximum absolute atomic E-state index is 13.2. The molecular weight excluding hydrogens is 722 g/mol.